The fourth-order valence-corrected chi connectivity index (χ4v) is 2.50. The van der Waals surface area contributed by atoms with E-state index in [1.54, 1.807) is 12.1 Å². The molecule has 1 amide bonds. The highest BCUT2D eigenvalue weighted by molar-refractivity contribution is 6.06. The third kappa shape index (κ3) is 2.78. The molecule has 1 heterocycles. The number of aryl methyl sites for hydroxylation is 2. The van der Waals surface area contributed by atoms with Crippen molar-refractivity contribution in [1.29, 1.82) is 0 Å². The van der Waals surface area contributed by atoms with Crippen molar-refractivity contribution in [2.45, 2.75) is 13.8 Å². The molecule has 1 aromatic heterocycles. The largest absolute Gasteiger partial charge is 0.358 e. The number of carbonyl (C=O) groups excluding carboxylic acids is 1. The molecule has 0 saturated heterocycles. The SMILES string of the molecule is Cc1[nH]c2ccc(C(=O)Nc3cccc([N+](=O)[O-])c3)cc2c1C. The first-order valence-electron chi connectivity index (χ1n) is 7.10. The molecule has 23 heavy (non-hydrogen) atoms. The van der Waals surface area contributed by atoms with Crippen LogP contribution in [0.3, 0.4) is 0 Å². The number of non-ortho nitro benzene ring substituents is 1. The van der Waals surface area contributed by atoms with Gasteiger partial charge in [0.2, 0.25) is 0 Å². The average molecular weight is 309 g/mol. The van der Waals surface area contributed by atoms with E-state index >= 15 is 0 Å². The Morgan fingerprint density at radius 1 is 1.17 bits per heavy atom. The van der Waals surface area contributed by atoms with Crippen LogP contribution in [0.2, 0.25) is 0 Å². The number of aromatic amines is 1. The molecule has 6 nitrogen and oxygen atoms in total. The van der Waals surface area contributed by atoms with Gasteiger partial charge in [0.15, 0.2) is 0 Å². The minimum Gasteiger partial charge on any atom is -0.358 e. The van der Waals surface area contributed by atoms with Crippen molar-refractivity contribution in [1.82, 2.24) is 4.98 Å². The number of hydrogen-bond acceptors (Lipinski definition) is 3. The van der Waals surface area contributed by atoms with Crippen molar-refractivity contribution in [3.05, 3.63) is 69.4 Å². The highest BCUT2D eigenvalue weighted by Crippen LogP contribution is 2.23. The Morgan fingerprint density at radius 2 is 1.96 bits per heavy atom. The van der Waals surface area contributed by atoms with Gasteiger partial charge in [0.25, 0.3) is 11.6 Å². The van der Waals surface area contributed by atoms with Gasteiger partial charge in [0, 0.05) is 40.0 Å². The van der Waals surface area contributed by atoms with Gasteiger partial charge in [-0.2, -0.15) is 0 Å². The van der Waals surface area contributed by atoms with Crippen LogP contribution < -0.4 is 5.32 Å². The Balaban J connectivity index is 1.90. The van der Waals surface area contributed by atoms with Gasteiger partial charge in [0.05, 0.1) is 4.92 Å². The molecule has 0 saturated carbocycles. The first-order valence-corrected chi connectivity index (χ1v) is 7.10. The topological polar surface area (TPSA) is 88.0 Å². The lowest BCUT2D eigenvalue weighted by Crippen LogP contribution is -2.11. The lowest BCUT2D eigenvalue weighted by molar-refractivity contribution is -0.384. The van der Waals surface area contributed by atoms with E-state index in [1.807, 2.05) is 26.0 Å². The lowest BCUT2D eigenvalue weighted by Gasteiger charge is -2.05. The van der Waals surface area contributed by atoms with E-state index < -0.39 is 4.92 Å². The molecule has 6 heteroatoms. The number of nitro groups is 1. The highest BCUT2D eigenvalue weighted by Gasteiger charge is 2.12. The molecule has 116 valence electrons. The van der Waals surface area contributed by atoms with E-state index in [1.165, 1.54) is 18.2 Å². The molecule has 0 fully saturated rings. The summed E-state index contributed by atoms with van der Waals surface area (Å²) in [7, 11) is 0. The average Bonchev–Trinajstić information content (AvgIpc) is 2.82. The smallest absolute Gasteiger partial charge is 0.271 e. The lowest BCUT2D eigenvalue weighted by atomic mass is 10.1. The number of anilines is 1. The molecule has 2 N–H and O–H groups in total. The molecule has 0 spiro atoms. The number of nitrogens with one attached hydrogen (secondary N) is 2. The summed E-state index contributed by atoms with van der Waals surface area (Å²) in [5.74, 6) is -0.300. The first kappa shape index (κ1) is 14.8. The second-order valence-corrected chi connectivity index (χ2v) is 5.40. The van der Waals surface area contributed by atoms with Crippen LogP contribution in [0.25, 0.3) is 10.9 Å². The molecular weight excluding hydrogens is 294 g/mol. The van der Waals surface area contributed by atoms with Gasteiger partial charge < -0.3 is 10.3 Å². The number of rotatable bonds is 3. The van der Waals surface area contributed by atoms with Crippen molar-refractivity contribution in [3.63, 3.8) is 0 Å². The van der Waals surface area contributed by atoms with Gasteiger partial charge in [-0.05, 0) is 43.7 Å². The molecule has 0 bridgehead atoms. The van der Waals surface area contributed by atoms with Gasteiger partial charge >= 0.3 is 0 Å². The van der Waals surface area contributed by atoms with Gasteiger partial charge in [-0.3, -0.25) is 14.9 Å². The number of carbonyl (C=O) groups is 1. The summed E-state index contributed by atoms with van der Waals surface area (Å²) in [5, 5.41) is 14.5. The monoisotopic (exact) mass is 309 g/mol. The van der Waals surface area contributed by atoms with Crippen LogP contribution in [0.1, 0.15) is 21.6 Å². The second-order valence-electron chi connectivity index (χ2n) is 5.40. The quantitative estimate of drug-likeness (QED) is 0.567. The molecule has 0 radical (unpaired) electrons. The van der Waals surface area contributed by atoms with E-state index in [0.717, 1.165) is 22.2 Å². The molecule has 2 aromatic carbocycles. The van der Waals surface area contributed by atoms with Crippen molar-refractivity contribution in [3.8, 4) is 0 Å². The number of fused-ring (bicyclic) bond motifs is 1. The zero-order chi connectivity index (χ0) is 16.6. The summed E-state index contributed by atoms with van der Waals surface area (Å²) >= 11 is 0. The van der Waals surface area contributed by atoms with Gasteiger partial charge in [-0.1, -0.05) is 6.07 Å². The number of H-pyrrole nitrogens is 1. The molecule has 0 aliphatic carbocycles. The van der Waals surface area contributed by atoms with Gasteiger partial charge in [-0.15, -0.1) is 0 Å². The van der Waals surface area contributed by atoms with Crippen LogP contribution >= 0.6 is 0 Å². The Kier molecular flexibility index (Phi) is 3.57. The fraction of sp³-hybridized carbons (Fsp3) is 0.118. The van der Waals surface area contributed by atoms with E-state index in [9.17, 15) is 14.9 Å². The number of nitrogens with zero attached hydrogens (tertiary/aromatic N) is 1. The maximum absolute atomic E-state index is 12.4. The zero-order valence-electron chi connectivity index (χ0n) is 12.7. The third-order valence-corrected chi connectivity index (χ3v) is 3.89. The Hall–Kier alpha value is -3.15. The van der Waals surface area contributed by atoms with Crippen molar-refractivity contribution < 1.29 is 9.72 Å². The standard InChI is InChI=1S/C17H15N3O3/c1-10-11(2)18-16-7-6-12(8-15(10)16)17(21)19-13-4-3-5-14(9-13)20(22)23/h3-9,18H,1-2H3,(H,19,21). The minimum atomic E-state index is -0.492. The van der Waals surface area contributed by atoms with Crippen LogP contribution in [-0.4, -0.2) is 15.8 Å². The molecule has 3 aromatic rings. The van der Waals surface area contributed by atoms with E-state index in [0.29, 0.717) is 11.3 Å². The third-order valence-electron chi connectivity index (χ3n) is 3.89. The minimum absolute atomic E-state index is 0.0599. The summed E-state index contributed by atoms with van der Waals surface area (Å²) in [4.78, 5) is 25.9. The van der Waals surface area contributed by atoms with Crippen molar-refractivity contribution >= 4 is 28.2 Å². The number of aromatic nitrogens is 1. The summed E-state index contributed by atoms with van der Waals surface area (Å²) < 4.78 is 0. The maximum atomic E-state index is 12.4. The van der Waals surface area contributed by atoms with Crippen LogP contribution in [0.15, 0.2) is 42.5 Å². The fourth-order valence-electron chi connectivity index (χ4n) is 2.50. The predicted octanol–water partition coefficient (Wildman–Crippen LogP) is 3.95. The summed E-state index contributed by atoms with van der Waals surface area (Å²) in [6, 6.07) is 11.3. The van der Waals surface area contributed by atoms with Crippen LogP contribution in [0, 0.1) is 24.0 Å². The summed E-state index contributed by atoms with van der Waals surface area (Å²) in [6.07, 6.45) is 0. The van der Waals surface area contributed by atoms with Crippen molar-refractivity contribution in [2.24, 2.45) is 0 Å². The summed E-state index contributed by atoms with van der Waals surface area (Å²) in [6.45, 7) is 3.98. The van der Waals surface area contributed by atoms with Gasteiger partial charge in [-0.25, -0.2) is 0 Å². The molecular formula is C17H15N3O3. The number of hydrogen-bond donors (Lipinski definition) is 2. The van der Waals surface area contributed by atoms with Gasteiger partial charge in [0.1, 0.15) is 0 Å². The van der Waals surface area contributed by atoms with E-state index in [-0.39, 0.29) is 11.6 Å². The molecule has 0 aliphatic rings. The first-order chi connectivity index (χ1) is 11.0. The second kappa shape index (κ2) is 5.57. The van der Waals surface area contributed by atoms with Crippen LogP contribution in [0.5, 0.6) is 0 Å². The van der Waals surface area contributed by atoms with Crippen molar-refractivity contribution in [2.75, 3.05) is 5.32 Å². The number of nitro benzene ring substituents is 1. The molecule has 3 rings (SSSR count). The normalized spacial score (nSPS) is 10.7. The van der Waals surface area contributed by atoms with E-state index in [4.69, 9.17) is 0 Å². The van der Waals surface area contributed by atoms with Crippen LogP contribution in [0.4, 0.5) is 11.4 Å². The van der Waals surface area contributed by atoms with E-state index in [2.05, 4.69) is 10.3 Å². The number of amides is 1. The highest BCUT2D eigenvalue weighted by atomic mass is 16.6. The summed E-state index contributed by atoms with van der Waals surface area (Å²) in [5.41, 5.74) is 3.99. The predicted molar refractivity (Wildman–Crippen MR) is 88.8 cm³/mol. The number of benzene rings is 2. The Morgan fingerprint density at radius 3 is 2.70 bits per heavy atom. The maximum Gasteiger partial charge on any atom is 0.271 e. The molecule has 0 aliphatic heterocycles. The molecule has 0 atom stereocenters. The molecule has 0 unspecified atom stereocenters. The zero-order valence-corrected chi connectivity index (χ0v) is 12.7. The van der Waals surface area contributed by atoms with Crippen LogP contribution in [-0.2, 0) is 0 Å². The Bertz CT molecular complexity index is 928. The Labute approximate surface area is 132 Å².